The standard InChI is InChI=1S/C18H23FN4O3/c1-11-7-21-13(8-20-11)9-22-16(24)14-6-12-2-5-23(10-15(12)26-14)17(25)18(19)3-4-18/h7-8,12,14-15H,2-6,9-10H2,1H3,(H,22,24)/t12-,14-,15+/m0/s1. The number of amides is 2. The van der Waals surface area contributed by atoms with Crippen LogP contribution in [0.2, 0.25) is 0 Å². The highest BCUT2D eigenvalue weighted by atomic mass is 19.1. The first kappa shape index (κ1) is 17.3. The van der Waals surface area contributed by atoms with E-state index in [-0.39, 0.29) is 17.9 Å². The highest BCUT2D eigenvalue weighted by molar-refractivity contribution is 5.88. The van der Waals surface area contributed by atoms with Gasteiger partial charge >= 0.3 is 0 Å². The second-order valence-electron chi connectivity index (χ2n) is 7.53. The van der Waals surface area contributed by atoms with Crippen molar-refractivity contribution in [3.63, 3.8) is 0 Å². The normalized spacial score (nSPS) is 29.2. The Morgan fingerprint density at radius 2 is 2.19 bits per heavy atom. The molecule has 0 radical (unpaired) electrons. The average Bonchev–Trinajstić information content (AvgIpc) is 3.25. The van der Waals surface area contributed by atoms with Crippen molar-refractivity contribution in [2.75, 3.05) is 13.1 Å². The third-order valence-corrected chi connectivity index (χ3v) is 5.48. The van der Waals surface area contributed by atoms with Crippen molar-refractivity contribution in [3.8, 4) is 0 Å². The largest absolute Gasteiger partial charge is 0.363 e. The number of carbonyl (C=O) groups is 2. The van der Waals surface area contributed by atoms with E-state index >= 15 is 0 Å². The van der Waals surface area contributed by atoms with Crippen LogP contribution in [-0.2, 0) is 20.9 Å². The average molecular weight is 362 g/mol. The van der Waals surface area contributed by atoms with Gasteiger partial charge in [-0.2, -0.15) is 0 Å². The fraction of sp³-hybridized carbons (Fsp3) is 0.667. The number of ether oxygens (including phenoxy) is 1. The number of hydrogen-bond donors (Lipinski definition) is 1. The minimum Gasteiger partial charge on any atom is -0.363 e. The summed E-state index contributed by atoms with van der Waals surface area (Å²) in [6, 6.07) is 0. The molecular weight excluding hydrogens is 339 g/mol. The maximum absolute atomic E-state index is 14.0. The fourth-order valence-electron chi connectivity index (χ4n) is 3.69. The second-order valence-corrected chi connectivity index (χ2v) is 7.53. The Bertz CT molecular complexity index is 707. The van der Waals surface area contributed by atoms with Gasteiger partial charge in [0.15, 0.2) is 5.67 Å². The minimum atomic E-state index is -1.64. The van der Waals surface area contributed by atoms with Gasteiger partial charge in [0.05, 0.1) is 30.2 Å². The van der Waals surface area contributed by atoms with Crippen LogP contribution in [0.5, 0.6) is 0 Å². The SMILES string of the molecule is Cc1cnc(CNC(=O)[C@@H]2C[C@@H]3CCN(C(=O)C4(F)CC4)C[C@H]3O2)cn1. The van der Waals surface area contributed by atoms with Gasteiger partial charge in [-0.05, 0) is 38.5 Å². The minimum absolute atomic E-state index is 0.177. The molecule has 4 rings (SSSR count). The molecule has 2 amide bonds. The second kappa shape index (κ2) is 6.57. The van der Waals surface area contributed by atoms with Gasteiger partial charge in [-0.1, -0.05) is 0 Å². The van der Waals surface area contributed by atoms with Gasteiger partial charge in [-0.15, -0.1) is 0 Å². The van der Waals surface area contributed by atoms with Crippen molar-refractivity contribution in [2.24, 2.45) is 5.92 Å². The number of likely N-dealkylation sites (tertiary alicyclic amines) is 1. The lowest BCUT2D eigenvalue weighted by molar-refractivity contribution is -0.143. The van der Waals surface area contributed by atoms with Crippen LogP contribution >= 0.6 is 0 Å². The zero-order valence-corrected chi connectivity index (χ0v) is 14.8. The van der Waals surface area contributed by atoms with E-state index in [1.165, 1.54) is 0 Å². The first-order chi connectivity index (χ1) is 12.4. The Kier molecular flexibility index (Phi) is 4.38. The van der Waals surface area contributed by atoms with Crippen LogP contribution in [0.15, 0.2) is 12.4 Å². The molecule has 3 fully saturated rings. The third kappa shape index (κ3) is 3.42. The summed E-state index contributed by atoms with van der Waals surface area (Å²) in [7, 11) is 0. The highest BCUT2D eigenvalue weighted by Crippen LogP contribution is 2.43. The van der Waals surface area contributed by atoms with E-state index in [2.05, 4.69) is 15.3 Å². The molecule has 2 aliphatic heterocycles. The van der Waals surface area contributed by atoms with Crippen LogP contribution in [0.3, 0.4) is 0 Å². The molecule has 140 valence electrons. The van der Waals surface area contributed by atoms with Crippen LogP contribution in [0, 0.1) is 12.8 Å². The number of aryl methyl sites for hydroxylation is 1. The molecule has 1 saturated carbocycles. The van der Waals surface area contributed by atoms with Crippen LogP contribution in [0.1, 0.15) is 37.1 Å². The van der Waals surface area contributed by atoms with E-state index in [1.807, 2.05) is 6.92 Å². The van der Waals surface area contributed by atoms with Crippen molar-refractivity contribution in [1.82, 2.24) is 20.2 Å². The highest BCUT2D eigenvalue weighted by Gasteiger charge is 2.54. The van der Waals surface area contributed by atoms with Crippen molar-refractivity contribution in [1.29, 1.82) is 0 Å². The Morgan fingerprint density at radius 1 is 1.38 bits per heavy atom. The number of fused-ring (bicyclic) bond motifs is 1. The molecular formula is C18H23FN4O3. The molecule has 3 aliphatic rings. The fourth-order valence-corrected chi connectivity index (χ4v) is 3.69. The first-order valence-electron chi connectivity index (χ1n) is 9.13. The lowest BCUT2D eigenvalue weighted by Crippen LogP contribution is -2.48. The van der Waals surface area contributed by atoms with Gasteiger partial charge in [0.2, 0.25) is 5.91 Å². The van der Waals surface area contributed by atoms with E-state index in [0.29, 0.717) is 44.6 Å². The quantitative estimate of drug-likeness (QED) is 0.861. The number of carbonyl (C=O) groups excluding carboxylic acids is 2. The molecule has 7 nitrogen and oxygen atoms in total. The number of rotatable bonds is 4. The van der Waals surface area contributed by atoms with Gasteiger partial charge in [0.25, 0.3) is 5.91 Å². The molecule has 26 heavy (non-hydrogen) atoms. The molecule has 8 heteroatoms. The van der Waals surface area contributed by atoms with E-state index < -0.39 is 17.7 Å². The summed E-state index contributed by atoms with van der Waals surface area (Å²) in [6.45, 7) is 3.08. The lowest BCUT2D eigenvalue weighted by Gasteiger charge is -2.34. The maximum Gasteiger partial charge on any atom is 0.260 e. The monoisotopic (exact) mass is 362 g/mol. The summed E-state index contributed by atoms with van der Waals surface area (Å²) in [5, 5.41) is 2.83. The van der Waals surface area contributed by atoms with Gasteiger partial charge in [-0.25, -0.2) is 4.39 Å². The number of nitrogens with zero attached hydrogens (tertiary/aromatic N) is 3. The molecule has 0 spiro atoms. The van der Waals surface area contributed by atoms with Crippen LogP contribution in [0.4, 0.5) is 4.39 Å². The molecule has 1 aromatic heterocycles. The Hall–Kier alpha value is -2.09. The summed E-state index contributed by atoms with van der Waals surface area (Å²) in [6.07, 6.45) is 4.61. The molecule has 3 heterocycles. The number of aromatic nitrogens is 2. The Morgan fingerprint density at radius 3 is 2.88 bits per heavy atom. The summed E-state index contributed by atoms with van der Waals surface area (Å²) >= 11 is 0. The van der Waals surface area contributed by atoms with Crippen molar-refractivity contribution >= 4 is 11.8 Å². The number of alkyl halides is 1. The number of halogens is 1. The van der Waals surface area contributed by atoms with Crippen molar-refractivity contribution in [3.05, 3.63) is 23.8 Å². The van der Waals surface area contributed by atoms with E-state index in [9.17, 15) is 14.0 Å². The van der Waals surface area contributed by atoms with Crippen molar-refractivity contribution < 1.29 is 18.7 Å². The number of hydrogen-bond acceptors (Lipinski definition) is 5. The van der Waals surface area contributed by atoms with Gasteiger partial charge in [0.1, 0.15) is 6.10 Å². The predicted octanol–water partition coefficient (Wildman–Crippen LogP) is 0.909. The van der Waals surface area contributed by atoms with E-state index in [1.54, 1.807) is 17.3 Å². The number of nitrogens with one attached hydrogen (secondary N) is 1. The summed E-state index contributed by atoms with van der Waals surface area (Å²) in [5.41, 5.74) is -0.130. The van der Waals surface area contributed by atoms with Gasteiger partial charge < -0.3 is 15.0 Å². The van der Waals surface area contributed by atoms with Gasteiger partial charge in [-0.3, -0.25) is 19.6 Å². The zero-order valence-electron chi connectivity index (χ0n) is 14.8. The van der Waals surface area contributed by atoms with E-state index in [0.717, 1.165) is 12.1 Å². The Balaban J connectivity index is 1.29. The first-order valence-corrected chi connectivity index (χ1v) is 9.13. The predicted molar refractivity (Wildman–Crippen MR) is 89.7 cm³/mol. The molecule has 1 N–H and O–H groups in total. The lowest BCUT2D eigenvalue weighted by atomic mass is 9.91. The molecule has 1 aromatic rings. The molecule has 3 atom stereocenters. The summed E-state index contributed by atoms with van der Waals surface area (Å²) in [5.74, 6) is -0.349. The molecule has 2 saturated heterocycles. The molecule has 1 aliphatic carbocycles. The molecule has 0 unspecified atom stereocenters. The van der Waals surface area contributed by atoms with Crippen LogP contribution in [0.25, 0.3) is 0 Å². The number of piperidine rings is 1. The topological polar surface area (TPSA) is 84.4 Å². The smallest absolute Gasteiger partial charge is 0.260 e. The van der Waals surface area contributed by atoms with Crippen molar-refractivity contribution in [2.45, 2.75) is 57.0 Å². The molecule has 0 bridgehead atoms. The third-order valence-electron chi connectivity index (χ3n) is 5.48. The van der Waals surface area contributed by atoms with E-state index in [4.69, 9.17) is 4.74 Å². The maximum atomic E-state index is 14.0. The molecule has 0 aromatic carbocycles. The van der Waals surface area contributed by atoms with Gasteiger partial charge in [0, 0.05) is 19.3 Å². The van der Waals surface area contributed by atoms with Crippen LogP contribution < -0.4 is 5.32 Å². The summed E-state index contributed by atoms with van der Waals surface area (Å²) in [4.78, 5) is 34.5. The summed E-state index contributed by atoms with van der Waals surface area (Å²) < 4.78 is 19.9. The van der Waals surface area contributed by atoms with Crippen LogP contribution in [-0.4, -0.2) is 57.6 Å². The Labute approximate surface area is 151 Å². The zero-order chi connectivity index (χ0) is 18.3.